The van der Waals surface area contributed by atoms with Gasteiger partial charge in [0, 0.05) is 6.99 Å². The van der Waals surface area contributed by atoms with Gasteiger partial charge in [0.15, 0.2) is 5.78 Å². The predicted octanol–water partition coefficient (Wildman–Crippen LogP) is 7.23. The number of hydrogen-bond acceptors (Lipinski definition) is 1. The fourth-order valence-electron chi connectivity index (χ4n) is 3.39. The molecule has 0 aliphatic rings. The van der Waals surface area contributed by atoms with Gasteiger partial charge < -0.3 is 0 Å². The normalized spacial score (nSPS) is 10.2. The van der Waals surface area contributed by atoms with Gasteiger partial charge in [-0.05, 0) is 71.1 Å². The maximum absolute atomic E-state index is 11.7. The first-order valence-corrected chi connectivity index (χ1v) is 10.0. The van der Waals surface area contributed by atoms with E-state index in [4.69, 9.17) is 0 Å². The van der Waals surface area contributed by atoms with Gasteiger partial charge >= 0.3 is 0 Å². The molecule has 0 aliphatic carbocycles. The van der Waals surface area contributed by atoms with E-state index >= 15 is 0 Å². The zero-order valence-corrected chi connectivity index (χ0v) is 17.9. The van der Waals surface area contributed by atoms with Crippen LogP contribution in [-0.2, 0) is 12.8 Å². The standard InChI is InChI=1S/C19H22O.C8H10.H2/c1-14-6-4-7-17(12-14)8-5-9-18-11-10-15(2)13-19(18)16(3)20;1-7-4-3-5-8(2)6-7;/h4,6-7,10-13H,5,8-9H2,1-3H3;3-6H,1-2H3;1H. The highest BCUT2D eigenvalue weighted by Gasteiger charge is 2.07. The van der Waals surface area contributed by atoms with Crippen molar-refractivity contribution in [3.63, 3.8) is 0 Å². The molecule has 1 heteroatoms. The Morgan fingerprint density at radius 3 is 1.82 bits per heavy atom. The van der Waals surface area contributed by atoms with E-state index in [0.717, 1.165) is 30.4 Å². The fourth-order valence-corrected chi connectivity index (χ4v) is 3.39. The van der Waals surface area contributed by atoms with Crippen LogP contribution in [0.3, 0.4) is 0 Å². The molecule has 0 spiro atoms. The minimum atomic E-state index is 0. The first-order chi connectivity index (χ1) is 13.3. The molecule has 3 aromatic carbocycles. The second-order valence-corrected chi connectivity index (χ2v) is 7.72. The maximum Gasteiger partial charge on any atom is 0.160 e. The summed E-state index contributed by atoms with van der Waals surface area (Å²) in [7, 11) is 0. The quantitative estimate of drug-likeness (QED) is 0.430. The highest BCUT2D eigenvalue weighted by atomic mass is 16.1. The highest BCUT2D eigenvalue weighted by Crippen LogP contribution is 2.16. The summed E-state index contributed by atoms with van der Waals surface area (Å²) >= 11 is 0. The van der Waals surface area contributed by atoms with Crippen LogP contribution in [0.4, 0.5) is 0 Å². The lowest BCUT2D eigenvalue weighted by atomic mass is 9.96. The molecule has 1 nitrogen and oxygen atoms in total. The van der Waals surface area contributed by atoms with Crippen molar-refractivity contribution in [3.8, 4) is 0 Å². The average molecular weight is 375 g/mol. The van der Waals surface area contributed by atoms with Gasteiger partial charge in [-0.25, -0.2) is 0 Å². The summed E-state index contributed by atoms with van der Waals surface area (Å²) < 4.78 is 0. The van der Waals surface area contributed by atoms with Crippen LogP contribution >= 0.6 is 0 Å². The van der Waals surface area contributed by atoms with Gasteiger partial charge in [0.1, 0.15) is 0 Å². The van der Waals surface area contributed by atoms with Crippen LogP contribution in [0.5, 0.6) is 0 Å². The summed E-state index contributed by atoms with van der Waals surface area (Å²) in [5, 5.41) is 0. The topological polar surface area (TPSA) is 17.1 Å². The lowest BCUT2D eigenvalue weighted by Crippen LogP contribution is -2.01. The van der Waals surface area contributed by atoms with Crippen molar-refractivity contribution in [2.45, 2.75) is 53.9 Å². The molecular formula is C27H34O. The SMILES string of the molecule is CC(=O)c1cc(C)ccc1CCCc1cccc(C)c1.Cc1cccc(C)c1.[HH]. The number of carbonyl (C=O) groups excluding carboxylic acids is 1. The number of rotatable bonds is 5. The molecule has 0 radical (unpaired) electrons. The molecule has 148 valence electrons. The Balaban J connectivity index is 0.000000394. The molecule has 0 saturated heterocycles. The molecule has 0 atom stereocenters. The van der Waals surface area contributed by atoms with Gasteiger partial charge in [-0.15, -0.1) is 0 Å². The molecule has 3 rings (SSSR count). The van der Waals surface area contributed by atoms with Crippen LogP contribution in [0.15, 0.2) is 66.7 Å². The van der Waals surface area contributed by atoms with Crippen LogP contribution in [0.1, 0.15) is 58.5 Å². The van der Waals surface area contributed by atoms with E-state index in [-0.39, 0.29) is 7.21 Å². The van der Waals surface area contributed by atoms with E-state index in [0.29, 0.717) is 0 Å². The van der Waals surface area contributed by atoms with Crippen molar-refractivity contribution in [2.24, 2.45) is 0 Å². The van der Waals surface area contributed by atoms with Gasteiger partial charge in [0.25, 0.3) is 0 Å². The average Bonchev–Trinajstić information content (AvgIpc) is 2.63. The summed E-state index contributed by atoms with van der Waals surface area (Å²) in [6.45, 7) is 10.0. The molecule has 0 fully saturated rings. The maximum atomic E-state index is 11.7. The molecular weight excluding hydrogens is 340 g/mol. The van der Waals surface area contributed by atoms with Crippen molar-refractivity contribution in [2.75, 3.05) is 0 Å². The third kappa shape index (κ3) is 7.15. The van der Waals surface area contributed by atoms with Gasteiger partial charge in [0.05, 0.1) is 0 Å². The summed E-state index contributed by atoms with van der Waals surface area (Å²) in [4.78, 5) is 11.7. The van der Waals surface area contributed by atoms with Gasteiger partial charge in [-0.3, -0.25) is 4.79 Å². The zero-order chi connectivity index (χ0) is 20.5. The lowest BCUT2D eigenvalue weighted by molar-refractivity contribution is 0.101. The molecule has 0 heterocycles. The predicted molar refractivity (Wildman–Crippen MR) is 122 cm³/mol. The Morgan fingerprint density at radius 1 is 0.714 bits per heavy atom. The van der Waals surface area contributed by atoms with Crippen LogP contribution < -0.4 is 0 Å². The summed E-state index contributed by atoms with van der Waals surface area (Å²) in [6.07, 6.45) is 3.10. The van der Waals surface area contributed by atoms with Crippen LogP contribution in [0.2, 0.25) is 0 Å². The summed E-state index contributed by atoms with van der Waals surface area (Å²) in [5.74, 6) is 0.166. The van der Waals surface area contributed by atoms with Crippen molar-refractivity contribution >= 4 is 5.78 Å². The van der Waals surface area contributed by atoms with Crippen molar-refractivity contribution in [1.82, 2.24) is 0 Å². The summed E-state index contributed by atoms with van der Waals surface area (Å²) in [6, 6.07) is 23.3. The third-order valence-corrected chi connectivity index (χ3v) is 4.81. The third-order valence-electron chi connectivity index (χ3n) is 4.81. The van der Waals surface area contributed by atoms with E-state index in [1.54, 1.807) is 6.92 Å². The van der Waals surface area contributed by atoms with Crippen molar-refractivity contribution in [3.05, 3.63) is 106 Å². The molecule has 28 heavy (non-hydrogen) atoms. The number of Topliss-reactive ketones (excluding diaryl/α,β-unsaturated/α-hetero) is 1. The number of carbonyl (C=O) groups is 1. The number of hydrogen-bond donors (Lipinski definition) is 0. The Hall–Kier alpha value is -2.67. The van der Waals surface area contributed by atoms with Gasteiger partial charge in [0.2, 0.25) is 0 Å². The van der Waals surface area contributed by atoms with E-state index < -0.39 is 0 Å². The molecule has 0 unspecified atom stereocenters. The van der Waals surface area contributed by atoms with Crippen LogP contribution in [0.25, 0.3) is 0 Å². The van der Waals surface area contributed by atoms with Crippen molar-refractivity contribution < 1.29 is 6.22 Å². The fraction of sp³-hybridized carbons (Fsp3) is 0.296. The molecule has 3 aromatic rings. The van der Waals surface area contributed by atoms with Crippen molar-refractivity contribution in [1.29, 1.82) is 0 Å². The van der Waals surface area contributed by atoms with Crippen LogP contribution in [-0.4, -0.2) is 5.78 Å². The monoisotopic (exact) mass is 374 g/mol. The Labute approximate surface area is 171 Å². The molecule has 0 bridgehead atoms. The number of ketones is 1. The number of aryl methyl sites for hydroxylation is 6. The Morgan fingerprint density at radius 2 is 1.29 bits per heavy atom. The zero-order valence-electron chi connectivity index (χ0n) is 17.9. The van der Waals surface area contributed by atoms with E-state index in [2.05, 4.69) is 81.4 Å². The minimum absolute atomic E-state index is 0. The lowest BCUT2D eigenvalue weighted by Gasteiger charge is -2.08. The molecule has 0 amide bonds. The van der Waals surface area contributed by atoms with E-state index in [1.165, 1.54) is 27.8 Å². The minimum Gasteiger partial charge on any atom is -0.295 e. The first kappa shape index (κ1) is 21.6. The molecule has 0 aromatic heterocycles. The Kier molecular flexibility index (Phi) is 8.19. The van der Waals surface area contributed by atoms with Crippen LogP contribution in [0, 0.1) is 27.7 Å². The molecule has 0 aliphatic heterocycles. The highest BCUT2D eigenvalue weighted by molar-refractivity contribution is 5.95. The smallest absolute Gasteiger partial charge is 0.160 e. The second-order valence-electron chi connectivity index (χ2n) is 7.72. The Bertz CT molecular complexity index is 910. The molecule has 0 N–H and O–H groups in total. The van der Waals surface area contributed by atoms with Gasteiger partial charge in [-0.2, -0.15) is 0 Å². The van der Waals surface area contributed by atoms with Gasteiger partial charge in [-0.1, -0.05) is 82.9 Å². The number of benzene rings is 3. The second kappa shape index (κ2) is 10.6. The first-order valence-electron chi connectivity index (χ1n) is 10.0. The summed E-state index contributed by atoms with van der Waals surface area (Å²) in [5.41, 5.74) is 8.57. The van der Waals surface area contributed by atoms with E-state index in [1.807, 2.05) is 13.0 Å². The van der Waals surface area contributed by atoms with E-state index in [9.17, 15) is 4.79 Å². The largest absolute Gasteiger partial charge is 0.295 e. The molecule has 0 saturated carbocycles.